The van der Waals surface area contributed by atoms with Crippen molar-refractivity contribution in [1.29, 1.82) is 0 Å². The van der Waals surface area contributed by atoms with Crippen molar-refractivity contribution in [2.45, 2.75) is 38.7 Å². The highest BCUT2D eigenvalue weighted by Gasteiger charge is 1.99. The number of aliphatic hydroxyl groups is 1. The maximum atomic E-state index is 9.34. The molecular formula is C12H18O. The largest absolute Gasteiger partial charge is 0.393 e. The van der Waals surface area contributed by atoms with E-state index in [1.807, 2.05) is 13.0 Å². The number of aryl methyl sites for hydroxylation is 1. The average Bonchev–Trinajstić information content (AvgIpc) is 2.19. The van der Waals surface area contributed by atoms with Gasteiger partial charge in [-0.05, 0) is 31.2 Å². The van der Waals surface area contributed by atoms with Gasteiger partial charge in [0.05, 0.1) is 6.10 Å². The van der Waals surface area contributed by atoms with Gasteiger partial charge in [0.1, 0.15) is 0 Å². The topological polar surface area (TPSA) is 20.2 Å². The van der Waals surface area contributed by atoms with Crippen molar-refractivity contribution < 1.29 is 5.11 Å². The Bertz CT molecular complexity index is 218. The molecule has 0 bridgehead atoms. The summed E-state index contributed by atoms with van der Waals surface area (Å²) in [5.41, 5.74) is 1.37. The van der Waals surface area contributed by atoms with E-state index in [0.717, 1.165) is 25.7 Å². The first-order valence-corrected chi connectivity index (χ1v) is 5.05. The lowest BCUT2D eigenvalue weighted by molar-refractivity contribution is 0.158. The molecular weight excluding hydrogens is 160 g/mol. The van der Waals surface area contributed by atoms with Crippen LogP contribution in [0.5, 0.6) is 0 Å². The first-order valence-electron chi connectivity index (χ1n) is 5.05. The highest BCUT2D eigenvalue weighted by molar-refractivity contribution is 5.14. The summed E-state index contributed by atoms with van der Waals surface area (Å²) in [6, 6.07) is 10.4. The third kappa shape index (κ3) is 4.09. The van der Waals surface area contributed by atoms with Gasteiger partial charge in [-0.1, -0.05) is 37.3 Å². The molecule has 1 aromatic carbocycles. The minimum Gasteiger partial charge on any atom is -0.393 e. The van der Waals surface area contributed by atoms with Gasteiger partial charge in [0, 0.05) is 0 Å². The van der Waals surface area contributed by atoms with E-state index < -0.39 is 0 Å². The Morgan fingerprint density at radius 1 is 1.23 bits per heavy atom. The Hall–Kier alpha value is -0.820. The zero-order valence-corrected chi connectivity index (χ0v) is 8.24. The van der Waals surface area contributed by atoms with Crippen molar-refractivity contribution in [3.8, 4) is 0 Å². The van der Waals surface area contributed by atoms with Crippen molar-refractivity contribution in [3.05, 3.63) is 35.9 Å². The Balaban J connectivity index is 2.20. The van der Waals surface area contributed by atoms with Crippen molar-refractivity contribution >= 4 is 0 Å². The second-order valence-electron chi connectivity index (χ2n) is 3.44. The fourth-order valence-corrected chi connectivity index (χ4v) is 1.39. The lowest BCUT2D eigenvalue weighted by Gasteiger charge is -2.06. The molecule has 0 aliphatic rings. The lowest BCUT2D eigenvalue weighted by atomic mass is 10.1. The van der Waals surface area contributed by atoms with E-state index in [1.54, 1.807) is 0 Å². The van der Waals surface area contributed by atoms with E-state index in [0.29, 0.717) is 0 Å². The second-order valence-corrected chi connectivity index (χ2v) is 3.44. The molecule has 0 aliphatic heterocycles. The zero-order valence-electron chi connectivity index (χ0n) is 8.24. The molecule has 13 heavy (non-hydrogen) atoms. The van der Waals surface area contributed by atoms with E-state index in [9.17, 15) is 5.11 Å². The van der Waals surface area contributed by atoms with Gasteiger partial charge in [-0.2, -0.15) is 0 Å². The van der Waals surface area contributed by atoms with Crippen LogP contribution in [-0.2, 0) is 6.42 Å². The summed E-state index contributed by atoms with van der Waals surface area (Å²) in [7, 11) is 0. The molecule has 0 saturated heterocycles. The van der Waals surface area contributed by atoms with Gasteiger partial charge in [-0.15, -0.1) is 0 Å². The smallest absolute Gasteiger partial charge is 0.0537 e. The fraction of sp³-hybridized carbons (Fsp3) is 0.500. The first-order chi connectivity index (χ1) is 6.33. The standard InChI is InChI=1S/C12H18O/c1-2-12(13)10-6-9-11-7-4-3-5-8-11/h3-5,7-8,12-13H,2,6,9-10H2,1H3. The summed E-state index contributed by atoms with van der Waals surface area (Å²) in [6.45, 7) is 2.02. The van der Waals surface area contributed by atoms with Crippen LogP contribution in [0.2, 0.25) is 0 Å². The normalized spacial score (nSPS) is 12.8. The molecule has 1 rings (SSSR count). The van der Waals surface area contributed by atoms with E-state index in [2.05, 4.69) is 24.3 Å². The van der Waals surface area contributed by atoms with Crippen LogP contribution < -0.4 is 0 Å². The molecule has 0 radical (unpaired) electrons. The summed E-state index contributed by atoms with van der Waals surface area (Å²) in [5, 5.41) is 9.34. The number of hydrogen-bond donors (Lipinski definition) is 1. The molecule has 0 heterocycles. The Morgan fingerprint density at radius 3 is 2.54 bits per heavy atom. The molecule has 1 aromatic rings. The predicted molar refractivity (Wildman–Crippen MR) is 55.7 cm³/mol. The van der Waals surface area contributed by atoms with E-state index in [-0.39, 0.29) is 6.10 Å². The molecule has 1 atom stereocenters. The molecule has 1 N–H and O–H groups in total. The van der Waals surface area contributed by atoms with Crippen LogP contribution in [0.4, 0.5) is 0 Å². The summed E-state index contributed by atoms with van der Waals surface area (Å²) >= 11 is 0. The quantitative estimate of drug-likeness (QED) is 0.735. The first kappa shape index (κ1) is 10.3. The maximum Gasteiger partial charge on any atom is 0.0537 e. The predicted octanol–water partition coefficient (Wildman–Crippen LogP) is 2.78. The molecule has 0 spiro atoms. The summed E-state index contributed by atoms with van der Waals surface area (Å²) in [4.78, 5) is 0. The van der Waals surface area contributed by atoms with Gasteiger partial charge in [-0.25, -0.2) is 0 Å². The van der Waals surface area contributed by atoms with Gasteiger partial charge in [0.15, 0.2) is 0 Å². The second kappa shape index (κ2) is 5.76. The highest BCUT2D eigenvalue weighted by atomic mass is 16.3. The van der Waals surface area contributed by atoms with Crippen LogP contribution in [-0.4, -0.2) is 11.2 Å². The highest BCUT2D eigenvalue weighted by Crippen LogP contribution is 2.07. The molecule has 72 valence electrons. The Morgan fingerprint density at radius 2 is 1.92 bits per heavy atom. The third-order valence-electron chi connectivity index (χ3n) is 2.32. The fourth-order valence-electron chi connectivity index (χ4n) is 1.39. The minimum absolute atomic E-state index is 0.108. The van der Waals surface area contributed by atoms with Gasteiger partial charge >= 0.3 is 0 Å². The zero-order chi connectivity index (χ0) is 9.52. The summed E-state index contributed by atoms with van der Waals surface area (Å²) < 4.78 is 0. The molecule has 0 saturated carbocycles. The van der Waals surface area contributed by atoms with Gasteiger partial charge in [0.25, 0.3) is 0 Å². The van der Waals surface area contributed by atoms with E-state index in [4.69, 9.17) is 0 Å². The van der Waals surface area contributed by atoms with Crippen LogP contribution in [0, 0.1) is 0 Å². The lowest BCUT2D eigenvalue weighted by Crippen LogP contribution is -2.04. The molecule has 1 unspecified atom stereocenters. The van der Waals surface area contributed by atoms with Crippen molar-refractivity contribution in [3.63, 3.8) is 0 Å². The van der Waals surface area contributed by atoms with Crippen molar-refractivity contribution in [2.75, 3.05) is 0 Å². The molecule has 1 heteroatoms. The van der Waals surface area contributed by atoms with Crippen molar-refractivity contribution in [2.24, 2.45) is 0 Å². The molecule has 0 amide bonds. The van der Waals surface area contributed by atoms with Crippen LogP contribution in [0.1, 0.15) is 31.7 Å². The van der Waals surface area contributed by atoms with Crippen LogP contribution in [0.25, 0.3) is 0 Å². The van der Waals surface area contributed by atoms with Crippen LogP contribution in [0.3, 0.4) is 0 Å². The summed E-state index contributed by atoms with van der Waals surface area (Å²) in [5.74, 6) is 0. The molecule has 0 fully saturated rings. The van der Waals surface area contributed by atoms with E-state index in [1.165, 1.54) is 5.56 Å². The average molecular weight is 178 g/mol. The maximum absolute atomic E-state index is 9.34. The number of benzene rings is 1. The molecule has 0 aromatic heterocycles. The number of hydrogen-bond acceptors (Lipinski definition) is 1. The monoisotopic (exact) mass is 178 g/mol. The molecule has 0 aliphatic carbocycles. The summed E-state index contributed by atoms with van der Waals surface area (Å²) in [6.07, 6.45) is 3.85. The third-order valence-corrected chi connectivity index (χ3v) is 2.32. The number of rotatable bonds is 5. The Kier molecular flexibility index (Phi) is 4.55. The van der Waals surface area contributed by atoms with Gasteiger partial charge in [-0.3, -0.25) is 0 Å². The molecule has 1 nitrogen and oxygen atoms in total. The Labute approximate surface area is 80.4 Å². The number of aliphatic hydroxyl groups excluding tert-OH is 1. The SMILES string of the molecule is CCC(O)CCCc1ccccc1. The van der Waals surface area contributed by atoms with Gasteiger partial charge in [0.2, 0.25) is 0 Å². The van der Waals surface area contributed by atoms with Crippen LogP contribution >= 0.6 is 0 Å². The van der Waals surface area contributed by atoms with Crippen molar-refractivity contribution in [1.82, 2.24) is 0 Å². The van der Waals surface area contributed by atoms with Gasteiger partial charge < -0.3 is 5.11 Å². The van der Waals surface area contributed by atoms with Crippen LogP contribution in [0.15, 0.2) is 30.3 Å². The van der Waals surface area contributed by atoms with E-state index >= 15 is 0 Å². The minimum atomic E-state index is -0.108.